The Morgan fingerprint density at radius 2 is 2.00 bits per heavy atom. The number of amides is 1. The van der Waals surface area contributed by atoms with Gasteiger partial charge in [-0.15, -0.1) is 10.2 Å². The van der Waals surface area contributed by atoms with Crippen LogP contribution in [0.2, 0.25) is 5.02 Å². The highest BCUT2D eigenvalue weighted by atomic mass is 35.5. The van der Waals surface area contributed by atoms with Gasteiger partial charge in [0.2, 0.25) is 0 Å². The minimum atomic E-state index is 0.0197. The summed E-state index contributed by atoms with van der Waals surface area (Å²) in [5.41, 5.74) is 1.28. The first-order valence-corrected chi connectivity index (χ1v) is 10.1. The Labute approximate surface area is 167 Å². The minimum absolute atomic E-state index is 0.0197. The first-order valence-electron chi connectivity index (χ1n) is 9.67. The molecule has 28 heavy (non-hydrogen) atoms. The fourth-order valence-corrected chi connectivity index (χ4v) is 4.45. The summed E-state index contributed by atoms with van der Waals surface area (Å²) in [5.74, 6) is 2.45. The quantitative estimate of drug-likeness (QED) is 0.720. The SMILES string of the molecule is O=C(c1ccc(Cl)c2cccnc12)N1CCC(c2nnc3n2CCNC3)CC1. The number of carbonyl (C=O) groups excluding carboxylic acids is 1. The van der Waals surface area contributed by atoms with Gasteiger partial charge in [-0.1, -0.05) is 11.6 Å². The van der Waals surface area contributed by atoms with Gasteiger partial charge in [0.15, 0.2) is 0 Å². The van der Waals surface area contributed by atoms with Crippen molar-refractivity contribution in [3.05, 3.63) is 52.7 Å². The predicted molar refractivity (Wildman–Crippen MR) is 106 cm³/mol. The zero-order valence-electron chi connectivity index (χ0n) is 15.4. The number of halogens is 1. The third-order valence-electron chi connectivity index (χ3n) is 5.75. The minimum Gasteiger partial charge on any atom is -0.339 e. The van der Waals surface area contributed by atoms with Gasteiger partial charge in [0.1, 0.15) is 11.6 Å². The third kappa shape index (κ3) is 2.95. The van der Waals surface area contributed by atoms with E-state index in [2.05, 4.69) is 25.1 Å². The molecule has 0 unspecified atom stereocenters. The average Bonchev–Trinajstić information content (AvgIpc) is 3.18. The first-order chi connectivity index (χ1) is 13.7. The van der Waals surface area contributed by atoms with Crippen molar-refractivity contribution in [2.75, 3.05) is 19.6 Å². The second-order valence-electron chi connectivity index (χ2n) is 7.36. The normalized spacial score (nSPS) is 17.7. The lowest BCUT2D eigenvalue weighted by Gasteiger charge is -2.32. The van der Waals surface area contributed by atoms with Gasteiger partial charge in [-0.2, -0.15) is 0 Å². The van der Waals surface area contributed by atoms with Gasteiger partial charge in [0.05, 0.1) is 22.6 Å². The maximum absolute atomic E-state index is 13.2. The van der Waals surface area contributed by atoms with Crippen LogP contribution in [0.25, 0.3) is 10.9 Å². The van der Waals surface area contributed by atoms with Gasteiger partial charge in [-0.3, -0.25) is 9.78 Å². The second-order valence-corrected chi connectivity index (χ2v) is 7.77. The highest BCUT2D eigenvalue weighted by Gasteiger charge is 2.29. The van der Waals surface area contributed by atoms with E-state index in [1.165, 1.54) is 0 Å². The standard InChI is InChI=1S/C20H21ClN6O/c21-16-4-3-15(18-14(16)2-1-7-23-18)20(28)26-9-5-13(6-10-26)19-25-24-17-12-22-8-11-27(17)19/h1-4,7,13,22H,5-6,8-12H2. The third-order valence-corrected chi connectivity index (χ3v) is 6.08. The fourth-order valence-electron chi connectivity index (χ4n) is 4.24. The molecule has 1 N–H and O–H groups in total. The van der Waals surface area contributed by atoms with Crippen molar-refractivity contribution >= 4 is 28.4 Å². The van der Waals surface area contributed by atoms with Crippen LogP contribution in [0.3, 0.4) is 0 Å². The summed E-state index contributed by atoms with van der Waals surface area (Å²) in [4.78, 5) is 19.5. The summed E-state index contributed by atoms with van der Waals surface area (Å²) in [6, 6.07) is 7.30. The molecule has 1 amide bonds. The molecule has 0 atom stereocenters. The molecule has 4 heterocycles. The molecular weight excluding hydrogens is 376 g/mol. The van der Waals surface area contributed by atoms with Crippen LogP contribution >= 0.6 is 11.6 Å². The molecule has 0 spiro atoms. The van der Waals surface area contributed by atoms with Crippen molar-refractivity contribution in [3.8, 4) is 0 Å². The lowest BCUT2D eigenvalue weighted by atomic mass is 9.95. The molecule has 8 heteroatoms. The van der Waals surface area contributed by atoms with Crippen LogP contribution in [-0.2, 0) is 13.1 Å². The molecule has 0 bridgehead atoms. The molecule has 2 aromatic heterocycles. The van der Waals surface area contributed by atoms with Crippen molar-refractivity contribution in [1.29, 1.82) is 0 Å². The summed E-state index contributed by atoms with van der Waals surface area (Å²) in [7, 11) is 0. The number of aromatic nitrogens is 4. The Balaban J connectivity index is 1.34. The van der Waals surface area contributed by atoms with Gasteiger partial charge in [-0.25, -0.2) is 0 Å². The van der Waals surface area contributed by atoms with Crippen LogP contribution < -0.4 is 5.32 Å². The molecule has 1 saturated heterocycles. The zero-order valence-corrected chi connectivity index (χ0v) is 16.2. The fraction of sp³-hybridized carbons (Fsp3) is 0.400. The van der Waals surface area contributed by atoms with E-state index in [1.54, 1.807) is 18.3 Å². The van der Waals surface area contributed by atoms with Crippen molar-refractivity contribution in [2.24, 2.45) is 0 Å². The number of nitrogens with one attached hydrogen (secondary N) is 1. The Bertz CT molecular complexity index is 1040. The summed E-state index contributed by atoms with van der Waals surface area (Å²) in [5, 5.41) is 13.5. The second kappa shape index (κ2) is 7.14. The van der Waals surface area contributed by atoms with Crippen LogP contribution in [0.5, 0.6) is 0 Å². The molecule has 144 valence electrons. The van der Waals surface area contributed by atoms with E-state index in [9.17, 15) is 4.79 Å². The number of benzene rings is 1. The molecule has 0 aliphatic carbocycles. The molecule has 1 fully saturated rings. The summed E-state index contributed by atoms with van der Waals surface area (Å²) < 4.78 is 2.25. The average molecular weight is 397 g/mol. The monoisotopic (exact) mass is 396 g/mol. The topological polar surface area (TPSA) is 75.9 Å². The van der Waals surface area contributed by atoms with Gasteiger partial charge in [0, 0.05) is 43.7 Å². The van der Waals surface area contributed by atoms with E-state index in [1.807, 2.05) is 17.0 Å². The number of pyridine rings is 1. The van der Waals surface area contributed by atoms with E-state index >= 15 is 0 Å². The molecule has 2 aliphatic rings. The maximum atomic E-state index is 13.2. The van der Waals surface area contributed by atoms with Crippen molar-refractivity contribution in [2.45, 2.75) is 31.8 Å². The number of hydrogen-bond donors (Lipinski definition) is 1. The van der Waals surface area contributed by atoms with E-state index < -0.39 is 0 Å². The molecule has 5 rings (SSSR count). The molecule has 0 radical (unpaired) electrons. The predicted octanol–water partition coefficient (Wildman–Crippen LogP) is 2.60. The smallest absolute Gasteiger partial charge is 0.256 e. The molecular formula is C20H21ClN6O. The Hall–Kier alpha value is -2.51. The Kier molecular flexibility index (Phi) is 4.49. The molecule has 7 nitrogen and oxygen atoms in total. The lowest BCUT2D eigenvalue weighted by Crippen LogP contribution is -2.39. The van der Waals surface area contributed by atoms with Crippen molar-refractivity contribution in [3.63, 3.8) is 0 Å². The number of nitrogens with zero attached hydrogens (tertiary/aromatic N) is 5. The summed E-state index contributed by atoms with van der Waals surface area (Å²) >= 11 is 6.27. The van der Waals surface area contributed by atoms with Crippen LogP contribution in [0.1, 0.15) is 40.8 Å². The van der Waals surface area contributed by atoms with Crippen molar-refractivity contribution < 1.29 is 4.79 Å². The maximum Gasteiger partial charge on any atom is 0.256 e. The van der Waals surface area contributed by atoms with Crippen LogP contribution in [-0.4, -0.2) is 50.2 Å². The van der Waals surface area contributed by atoms with Crippen LogP contribution in [0.15, 0.2) is 30.5 Å². The Morgan fingerprint density at radius 1 is 1.14 bits per heavy atom. The molecule has 3 aromatic rings. The number of fused-ring (bicyclic) bond motifs is 2. The number of hydrogen-bond acceptors (Lipinski definition) is 5. The summed E-state index contributed by atoms with van der Waals surface area (Å²) in [6.45, 7) is 4.06. The number of piperidine rings is 1. The van der Waals surface area contributed by atoms with Crippen LogP contribution in [0, 0.1) is 0 Å². The largest absolute Gasteiger partial charge is 0.339 e. The molecule has 2 aliphatic heterocycles. The van der Waals surface area contributed by atoms with E-state index in [4.69, 9.17) is 11.6 Å². The van der Waals surface area contributed by atoms with Gasteiger partial charge in [-0.05, 0) is 37.1 Å². The zero-order chi connectivity index (χ0) is 19.1. The first kappa shape index (κ1) is 17.6. The molecule has 0 saturated carbocycles. The highest BCUT2D eigenvalue weighted by molar-refractivity contribution is 6.36. The van der Waals surface area contributed by atoms with E-state index in [0.717, 1.165) is 49.5 Å². The van der Waals surface area contributed by atoms with E-state index in [0.29, 0.717) is 35.1 Å². The summed E-state index contributed by atoms with van der Waals surface area (Å²) in [6.07, 6.45) is 3.50. The van der Waals surface area contributed by atoms with E-state index in [-0.39, 0.29) is 5.91 Å². The number of likely N-dealkylation sites (tertiary alicyclic amines) is 1. The van der Waals surface area contributed by atoms with Crippen molar-refractivity contribution in [1.82, 2.24) is 30.0 Å². The number of rotatable bonds is 2. The lowest BCUT2D eigenvalue weighted by molar-refractivity contribution is 0.0712. The Morgan fingerprint density at radius 3 is 2.86 bits per heavy atom. The van der Waals surface area contributed by atoms with Gasteiger partial charge in [0.25, 0.3) is 5.91 Å². The van der Waals surface area contributed by atoms with Gasteiger partial charge >= 0.3 is 0 Å². The van der Waals surface area contributed by atoms with Crippen LogP contribution in [0.4, 0.5) is 0 Å². The number of carbonyl (C=O) groups is 1. The highest BCUT2D eigenvalue weighted by Crippen LogP contribution is 2.30. The molecule has 1 aromatic carbocycles. The van der Waals surface area contributed by atoms with Gasteiger partial charge < -0.3 is 14.8 Å².